The molecule has 0 radical (unpaired) electrons. The van der Waals surface area contributed by atoms with E-state index in [2.05, 4.69) is 28.8 Å². The van der Waals surface area contributed by atoms with Gasteiger partial charge < -0.3 is 20.1 Å². The van der Waals surface area contributed by atoms with Gasteiger partial charge in [0.1, 0.15) is 12.7 Å². The van der Waals surface area contributed by atoms with Crippen molar-refractivity contribution in [3.8, 4) is 11.5 Å². The molecule has 0 bridgehead atoms. The number of benzene rings is 2. The van der Waals surface area contributed by atoms with Gasteiger partial charge in [-0.15, -0.1) is 0 Å². The molecule has 0 amide bonds. The number of aromatic nitrogens is 1. The van der Waals surface area contributed by atoms with Crippen LogP contribution in [0.5, 0.6) is 11.5 Å². The Morgan fingerprint density at radius 3 is 2.71 bits per heavy atom. The number of para-hydroxylation sites is 3. The Morgan fingerprint density at radius 2 is 1.86 bits per heavy atom. The lowest BCUT2D eigenvalue weighted by Gasteiger charge is -2.35. The van der Waals surface area contributed by atoms with Crippen LogP contribution >= 0.6 is 11.3 Å². The first-order valence-electron chi connectivity index (χ1n) is 10.1. The van der Waals surface area contributed by atoms with E-state index in [1.54, 1.807) is 11.3 Å². The van der Waals surface area contributed by atoms with Crippen molar-refractivity contribution in [2.45, 2.75) is 31.4 Å². The molecule has 0 saturated carbocycles. The van der Waals surface area contributed by atoms with Crippen molar-refractivity contribution >= 4 is 26.7 Å². The summed E-state index contributed by atoms with van der Waals surface area (Å²) in [6.07, 6.45) is 3.31. The Bertz CT molecular complexity index is 905. The van der Waals surface area contributed by atoms with Gasteiger partial charge in [-0.1, -0.05) is 35.6 Å². The molecule has 2 aliphatic rings. The van der Waals surface area contributed by atoms with E-state index in [1.165, 1.54) is 17.5 Å². The highest BCUT2D eigenvalue weighted by Crippen LogP contribution is 2.34. The largest absolute Gasteiger partial charge is 0.486 e. The minimum atomic E-state index is 0.0525. The molecule has 2 N–H and O–H groups in total. The van der Waals surface area contributed by atoms with Crippen LogP contribution in [0.4, 0.5) is 5.13 Å². The molecular weight excluding hydrogens is 370 g/mol. The standard InChI is InChI=1S/C22H25N3O2S/c1-4-8-21-17(5-1)24-22(28-21)25-18(15-9-11-23-12-10-15)13-16-14-26-19-6-2-3-7-20(19)27-16/h1-8,15-16,18,23H,9-14H2,(H,24,25). The van der Waals surface area contributed by atoms with Crippen LogP contribution < -0.4 is 20.1 Å². The van der Waals surface area contributed by atoms with E-state index in [1.807, 2.05) is 30.3 Å². The third-order valence-corrected chi connectivity index (χ3v) is 6.61. The molecule has 1 fully saturated rings. The summed E-state index contributed by atoms with van der Waals surface area (Å²) in [5.41, 5.74) is 1.06. The Morgan fingerprint density at radius 1 is 1.07 bits per heavy atom. The highest BCUT2D eigenvalue weighted by atomic mass is 32.1. The monoisotopic (exact) mass is 395 g/mol. The molecule has 146 valence electrons. The van der Waals surface area contributed by atoms with Gasteiger partial charge in [-0.05, 0) is 56.1 Å². The number of anilines is 1. The minimum absolute atomic E-state index is 0.0525. The smallest absolute Gasteiger partial charge is 0.184 e. The molecular formula is C22H25N3O2S. The van der Waals surface area contributed by atoms with Gasteiger partial charge in [0.15, 0.2) is 16.6 Å². The first-order chi connectivity index (χ1) is 13.8. The Labute approximate surface area is 169 Å². The van der Waals surface area contributed by atoms with Gasteiger partial charge in [0.25, 0.3) is 0 Å². The molecule has 6 heteroatoms. The zero-order valence-corrected chi connectivity index (χ0v) is 16.6. The van der Waals surface area contributed by atoms with Crippen molar-refractivity contribution in [1.82, 2.24) is 10.3 Å². The first kappa shape index (κ1) is 17.8. The highest BCUT2D eigenvalue weighted by Gasteiger charge is 2.30. The average molecular weight is 396 g/mol. The number of nitrogens with one attached hydrogen (secondary N) is 2. The quantitative estimate of drug-likeness (QED) is 0.674. The van der Waals surface area contributed by atoms with Gasteiger partial charge in [0, 0.05) is 12.5 Å². The molecule has 2 aliphatic heterocycles. The van der Waals surface area contributed by atoms with Crippen molar-refractivity contribution in [2.75, 3.05) is 25.0 Å². The van der Waals surface area contributed by atoms with E-state index in [0.29, 0.717) is 18.6 Å². The summed E-state index contributed by atoms with van der Waals surface area (Å²) in [6, 6.07) is 16.6. The summed E-state index contributed by atoms with van der Waals surface area (Å²) in [4.78, 5) is 4.80. The maximum absolute atomic E-state index is 6.25. The number of ether oxygens (including phenoxy) is 2. The van der Waals surface area contributed by atoms with E-state index < -0.39 is 0 Å². The molecule has 1 saturated heterocycles. The fourth-order valence-electron chi connectivity index (χ4n) is 4.17. The molecule has 2 atom stereocenters. The Kier molecular flexibility index (Phi) is 5.06. The minimum Gasteiger partial charge on any atom is -0.486 e. The molecule has 5 rings (SSSR count). The van der Waals surface area contributed by atoms with Gasteiger partial charge in [0.05, 0.1) is 10.2 Å². The maximum Gasteiger partial charge on any atom is 0.184 e. The van der Waals surface area contributed by atoms with E-state index in [9.17, 15) is 0 Å². The van der Waals surface area contributed by atoms with Crippen LogP contribution in [0.25, 0.3) is 10.2 Å². The van der Waals surface area contributed by atoms with Crippen LogP contribution in [0.1, 0.15) is 19.3 Å². The van der Waals surface area contributed by atoms with Gasteiger partial charge in [0.2, 0.25) is 0 Å². The molecule has 1 aromatic heterocycles. The second-order valence-electron chi connectivity index (χ2n) is 7.56. The summed E-state index contributed by atoms with van der Waals surface area (Å²) < 4.78 is 13.4. The number of nitrogens with zero attached hydrogens (tertiary/aromatic N) is 1. The lowest BCUT2D eigenvalue weighted by Crippen LogP contribution is -2.42. The van der Waals surface area contributed by atoms with Gasteiger partial charge in [-0.3, -0.25) is 0 Å². The van der Waals surface area contributed by atoms with E-state index >= 15 is 0 Å². The van der Waals surface area contributed by atoms with Crippen LogP contribution in [0, 0.1) is 5.92 Å². The fraction of sp³-hybridized carbons (Fsp3) is 0.409. The van der Waals surface area contributed by atoms with Crippen molar-refractivity contribution in [3.05, 3.63) is 48.5 Å². The maximum atomic E-state index is 6.25. The molecule has 5 nitrogen and oxygen atoms in total. The van der Waals surface area contributed by atoms with Gasteiger partial charge >= 0.3 is 0 Å². The number of rotatable bonds is 5. The molecule has 2 unspecified atom stereocenters. The van der Waals surface area contributed by atoms with Crippen LogP contribution in [0.3, 0.4) is 0 Å². The summed E-state index contributed by atoms with van der Waals surface area (Å²) >= 11 is 1.73. The molecule has 2 aromatic carbocycles. The number of fused-ring (bicyclic) bond motifs is 2. The molecule has 3 heterocycles. The van der Waals surface area contributed by atoms with Crippen molar-refractivity contribution in [1.29, 1.82) is 0 Å². The number of thiazole rings is 1. The lowest BCUT2D eigenvalue weighted by molar-refractivity contribution is 0.0749. The Hall–Kier alpha value is -2.31. The predicted molar refractivity (Wildman–Crippen MR) is 114 cm³/mol. The van der Waals surface area contributed by atoms with Crippen molar-refractivity contribution in [2.24, 2.45) is 5.92 Å². The van der Waals surface area contributed by atoms with E-state index in [4.69, 9.17) is 14.5 Å². The second-order valence-corrected chi connectivity index (χ2v) is 8.59. The second kappa shape index (κ2) is 7.97. The first-order valence-corrected chi connectivity index (χ1v) is 10.9. The van der Waals surface area contributed by atoms with Crippen LogP contribution in [0.2, 0.25) is 0 Å². The van der Waals surface area contributed by atoms with Crippen LogP contribution in [0.15, 0.2) is 48.5 Å². The Balaban J connectivity index is 1.34. The third kappa shape index (κ3) is 3.80. The molecule has 0 aliphatic carbocycles. The SMILES string of the molecule is c1ccc2c(c1)OCC(CC(Nc1nc3ccccc3s1)C1CCNCC1)O2. The van der Waals surface area contributed by atoms with Crippen molar-refractivity contribution in [3.63, 3.8) is 0 Å². The predicted octanol–water partition coefficient (Wildman–Crippen LogP) is 4.31. The van der Waals surface area contributed by atoms with Crippen LogP contribution in [-0.4, -0.2) is 36.8 Å². The third-order valence-electron chi connectivity index (χ3n) is 5.64. The number of hydrogen-bond acceptors (Lipinski definition) is 6. The van der Waals surface area contributed by atoms with Crippen molar-refractivity contribution < 1.29 is 9.47 Å². The summed E-state index contributed by atoms with van der Waals surface area (Å²) in [5.74, 6) is 2.30. The number of piperidine rings is 1. The zero-order valence-electron chi connectivity index (χ0n) is 15.8. The summed E-state index contributed by atoms with van der Waals surface area (Å²) in [6.45, 7) is 2.75. The summed E-state index contributed by atoms with van der Waals surface area (Å²) in [5, 5.41) is 8.23. The highest BCUT2D eigenvalue weighted by molar-refractivity contribution is 7.22. The van der Waals surface area contributed by atoms with Crippen LogP contribution in [-0.2, 0) is 0 Å². The normalized spacial score (nSPS) is 20.8. The molecule has 28 heavy (non-hydrogen) atoms. The van der Waals surface area contributed by atoms with E-state index in [0.717, 1.165) is 41.7 Å². The zero-order chi connectivity index (χ0) is 18.8. The average Bonchev–Trinajstić information content (AvgIpc) is 3.16. The lowest BCUT2D eigenvalue weighted by atomic mass is 9.87. The van der Waals surface area contributed by atoms with E-state index in [-0.39, 0.29) is 6.10 Å². The fourth-order valence-corrected chi connectivity index (χ4v) is 5.10. The number of hydrogen-bond donors (Lipinski definition) is 2. The van der Waals surface area contributed by atoms with Gasteiger partial charge in [-0.25, -0.2) is 4.98 Å². The summed E-state index contributed by atoms with van der Waals surface area (Å²) in [7, 11) is 0. The van der Waals surface area contributed by atoms with Gasteiger partial charge in [-0.2, -0.15) is 0 Å². The topological polar surface area (TPSA) is 55.4 Å². The molecule has 3 aromatic rings. The molecule has 0 spiro atoms.